The fourth-order valence-corrected chi connectivity index (χ4v) is 2.44. The van der Waals surface area contributed by atoms with Gasteiger partial charge in [0.25, 0.3) is 5.91 Å². The van der Waals surface area contributed by atoms with Crippen LogP contribution in [0.5, 0.6) is 5.75 Å². The predicted octanol–water partition coefficient (Wildman–Crippen LogP) is 3.59. The molecule has 3 aromatic rings. The number of aromatic hydroxyl groups is 1. The number of phenols is 1. The number of carbonyl (C=O) groups excluding carboxylic acids is 2. The number of carbonyl (C=O) groups is 2. The summed E-state index contributed by atoms with van der Waals surface area (Å²) in [7, 11) is 0. The monoisotopic (exact) mass is 378 g/mol. The van der Waals surface area contributed by atoms with E-state index in [4.69, 9.17) is 9.15 Å². The lowest BCUT2D eigenvalue weighted by molar-refractivity contribution is 0.0526. The van der Waals surface area contributed by atoms with E-state index in [1.165, 1.54) is 18.3 Å². The normalized spacial score (nSPS) is 10.8. The summed E-state index contributed by atoms with van der Waals surface area (Å²) in [6.45, 7) is 2.07. The van der Waals surface area contributed by atoms with Gasteiger partial charge >= 0.3 is 5.97 Å². The Kier molecular flexibility index (Phi) is 5.86. The lowest BCUT2D eigenvalue weighted by Crippen LogP contribution is -2.17. The molecule has 0 aliphatic rings. The summed E-state index contributed by atoms with van der Waals surface area (Å²) in [5, 5.41) is 13.5. The van der Waals surface area contributed by atoms with E-state index < -0.39 is 5.91 Å². The first-order chi connectivity index (χ1) is 13.6. The van der Waals surface area contributed by atoms with Crippen LogP contribution in [0.4, 0.5) is 0 Å². The van der Waals surface area contributed by atoms with Gasteiger partial charge in [-0.1, -0.05) is 24.3 Å². The van der Waals surface area contributed by atoms with Crippen LogP contribution in [0.2, 0.25) is 0 Å². The fourth-order valence-electron chi connectivity index (χ4n) is 2.44. The van der Waals surface area contributed by atoms with Crippen LogP contribution < -0.4 is 5.43 Å². The molecule has 1 heterocycles. The number of nitrogens with one attached hydrogen (secondary N) is 1. The molecule has 1 amide bonds. The Hall–Kier alpha value is -3.87. The third-order valence-corrected chi connectivity index (χ3v) is 3.81. The molecule has 0 aliphatic carbocycles. The van der Waals surface area contributed by atoms with E-state index in [2.05, 4.69) is 10.5 Å². The number of ether oxygens (including phenoxy) is 1. The summed E-state index contributed by atoms with van der Waals surface area (Å²) in [6.07, 6.45) is 1.36. The van der Waals surface area contributed by atoms with Crippen LogP contribution in [0.3, 0.4) is 0 Å². The maximum atomic E-state index is 12.0. The summed E-state index contributed by atoms with van der Waals surface area (Å²) in [5.74, 6) is -0.00936. The molecule has 0 saturated heterocycles. The van der Waals surface area contributed by atoms with Gasteiger partial charge < -0.3 is 14.3 Å². The van der Waals surface area contributed by atoms with Crippen LogP contribution in [0.25, 0.3) is 11.3 Å². The molecular weight excluding hydrogens is 360 g/mol. The van der Waals surface area contributed by atoms with Gasteiger partial charge in [0.2, 0.25) is 0 Å². The van der Waals surface area contributed by atoms with E-state index in [9.17, 15) is 14.7 Å². The third-order valence-electron chi connectivity index (χ3n) is 3.81. The molecule has 2 aromatic carbocycles. The molecule has 0 aliphatic heterocycles. The number of furan rings is 1. The number of benzene rings is 2. The van der Waals surface area contributed by atoms with Crippen molar-refractivity contribution in [2.75, 3.05) is 6.61 Å². The molecule has 0 atom stereocenters. The van der Waals surface area contributed by atoms with E-state index >= 15 is 0 Å². The number of phenolic OH excluding ortho intramolecular Hbond substituents is 1. The fraction of sp³-hybridized carbons (Fsp3) is 0.0952. The van der Waals surface area contributed by atoms with Crippen molar-refractivity contribution in [3.63, 3.8) is 0 Å². The summed E-state index contributed by atoms with van der Waals surface area (Å²) in [4.78, 5) is 23.6. The highest BCUT2D eigenvalue weighted by Crippen LogP contribution is 2.22. The first kappa shape index (κ1) is 18.9. The lowest BCUT2D eigenvalue weighted by Gasteiger charge is -2.02. The van der Waals surface area contributed by atoms with Crippen LogP contribution >= 0.6 is 0 Å². The highest BCUT2D eigenvalue weighted by Gasteiger charge is 2.10. The van der Waals surface area contributed by atoms with Crippen molar-refractivity contribution in [3.05, 3.63) is 77.6 Å². The van der Waals surface area contributed by atoms with Crippen LogP contribution in [0.15, 0.2) is 70.2 Å². The molecule has 142 valence electrons. The molecule has 28 heavy (non-hydrogen) atoms. The number of hydrogen-bond donors (Lipinski definition) is 2. The topological polar surface area (TPSA) is 101 Å². The number of rotatable bonds is 6. The van der Waals surface area contributed by atoms with Gasteiger partial charge in [-0.3, -0.25) is 4.79 Å². The molecule has 0 saturated carbocycles. The molecule has 3 rings (SSSR count). The number of hydrogen-bond acceptors (Lipinski definition) is 6. The van der Waals surface area contributed by atoms with Crippen LogP contribution in [-0.2, 0) is 4.74 Å². The second-order valence-electron chi connectivity index (χ2n) is 5.72. The first-order valence-electron chi connectivity index (χ1n) is 8.57. The molecule has 7 heteroatoms. The van der Waals surface area contributed by atoms with Gasteiger partial charge in [-0.2, -0.15) is 5.10 Å². The standard InChI is InChI=1S/C21H18N2O5/c1-2-27-21(26)15-9-7-14(8-10-15)19-12-11-16(28-19)13-22-23-20(25)17-5-3-4-6-18(17)24/h3-13,24H,2H2,1H3,(H,23,25). The Bertz CT molecular complexity index is 1010. The van der Waals surface area contributed by atoms with Gasteiger partial charge in [0, 0.05) is 5.56 Å². The van der Waals surface area contributed by atoms with Gasteiger partial charge in [-0.15, -0.1) is 0 Å². The molecular formula is C21H18N2O5. The zero-order chi connectivity index (χ0) is 19.9. The minimum absolute atomic E-state index is 0.123. The molecule has 1 aromatic heterocycles. The number of nitrogens with zero attached hydrogens (tertiary/aromatic N) is 1. The Labute approximate surface area is 161 Å². The molecule has 0 spiro atoms. The highest BCUT2D eigenvalue weighted by atomic mass is 16.5. The average Bonchev–Trinajstić information content (AvgIpc) is 3.17. The van der Waals surface area contributed by atoms with E-state index in [1.807, 2.05) is 0 Å². The second-order valence-corrected chi connectivity index (χ2v) is 5.72. The van der Waals surface area contributed by atoms with Crippen LogP contribution in [0, 0.1) is 0 Å². The molecule has 2 N–H and O–H groups in total. The zero-order valence-electron chi connectivity index (χ0n) is 15.1. The number of para-hydroxylation sites is 1. The van der Waals surface area contributed by atoms with Crippen molar-refractivity contribution >= 4 is 18.1 Å². The zero-order valence-corrected chi connectivity index (χ0v) is 15.1. The lowest BCUT2D eigenvalue weighted by atomic mass is 10.1. The maximum Gasteiger partial charge on any atom is 0.338 e. The van der Waals surface area contributed by atoms with Gasteiger partial charge in [0.05, 0.1) is 23.9 Å². The van der Waals surface area contributed by atoms with Crippen LogP contribution in [-0.4, -0.2) is 29.8 Å². The van der Waals surface area contributed by atoms with Gasteiger partial charge in [-0.25, -0.2) is 10.2 Å². The smallest absolute Gasteiger partial charge is 0.338 e. The molecule has 0 radical (unpaired) electrons. The van der Waals surface area contributed by atoms with Crippen molar-refractivity contribution in [1.82, 2.24) is 5.43 Å². The van der Waals surface area contributed by atoms with E-state index in [0.717, 1.165) is 5.56 Å². The summed E-state index contributed by atoms with van der Waals surface area (Å²) in [5.41, 5.74) is 3.70. The Morgan fingerprint density at radius 3 is 2.57 bits per heavy atom. The summed E-state index contributed by atoms with van der Waals surface area (Å²) < 4.78 is 10.6. The predicted molar refractivity (Wildman–Crippen MR) is 103 cm³/mol. The largest absolute Gasteiger partial charge is 0.507 e. The third kappa shape index (κ3) is 4.45. The summed E-state index contributed by atoms with van der Waals surface area (Å²) >= 11 is 0. The first-order valence-corrected chi connectivity index (χ1v) is 8.57. The van der Waals surface area contributed by atoms with Crippen molar-refractivity contribution in [1.29, 1.82) is 0 Å². The average molecular weight is 378 g/mol. The Balaban J connectivity index is 1.64. The van der Waals surface area contributed by atoms with Gasteiger partial charge in [0.15, 0.2) is 0 Å². The molecule has 7 nitrogen and oxygen atoms in total. The van der Waals surface area contributed by atoms with E-state index in [0.29, 0.717) is 23.7 Å². The quantitative estimate of drug-likeness (QED) is 0.388. The molecule has 0 fully saturated rings. The number of esters is 1. The SMILES string of the molecule is CCOC(=O)c1ccc(-c2ccc(C=NNC(=O)c3ccccc3O)o2)cc1. The van der Waals surface area contributed by atoms with Gasteiger partial charge in [0.1, 0.15) is 17.3 Å². The highest BCUT2D eigenvalue weighted by molar-refractivity contribution is 5.97. The molecule has 0 bridgehead atoms. The van der Waals surface area contributed by atoms with Crippen molar-refractivity contribution in [3.8, 4) is 17.1 Å². The number of amides is 1. The van der Waals surface area contributed by atoms with Crippen molar-refractivity contribution < 1.29 is 23.8 Å². The molecule has 0 unspecified atom stereocenters. The van der Waals surface area contributed by atoms with Crippen LogP contribution in [0.1, 0.15) is 33.4 Å². The summed E-state index contributed by atoms with van der Waals surface area (Å²) in [6, 6.07) is 16.5. The van der Waals surface area contributed by atoms with Crippen molar-refractivity contribution in [2.24, 2.45) is 5.10 Å². The second kappa shape index (κ2) is 8.68. The number of hydrazone groups is 1. The van der Waals surface area contributed by atoms with E-state index in [1.54, 1.807) is 55.5 Å². The maximum absolute atomic E-state index is 12.0. The van der Waals surface area contributed by atoms with Gasteiger partial charge in [-0.05, 0) is 43.3 Å². The van der Waals surface area contributed by atoms with E-state index in [-0.39, 0.29) is 17.3 Å². The minimum Gasteiger partial charge on any atom is -0.507 e. The Morgan fingerprint density at radius 2 is 1.86 bits per heavy atom. The Morgan fingerprint density at radius 1 is 1.11 bits per heavy atom. The minimum atomic E-state index is -0.532. The van der Waals surface area contributed by atoms with Crippen molar-refractivity contribution in [2.45, 2.75) is 6.92 Å².